The maximum Gasteiger partial charge on any atom is 0.416 e. The van der Waals surface area contributed by atoms with Crippen LogP contribution in [-0.4, -0.2) is 67.1 Å². The van der Waals surface area contributed by atoms with Crippen LogP contribution in [0.15, 0.2) is 36.9 Å². The maximum atomic E-state index is 13.2. The van der Waals surface area contributed by atoms with Gasteiger partial charge in [0, 0.05) is 31.6 Å². The van der Waals surface area contributed by atoms with Gasteiger partial charge >= 0.3 is 6.18 Å². The Bertz CT molecular complexity index is 1240. The number of nitrogens with zero attached hydrogens (tertiary/aromatic N) is 6. The molecule has 0 radical (unpaired) electrons. The van der Waals surface area contributed by atoms with Gasteiger partial charge < -0.3 is 14.6 Å². The number of anilines is 1. The Morgan fingerprint density at radius 1 is 1.19 bits per heavy atom. The molecule has 2 aromatic heterocycles. The summed E-state index contributed by atoms with van der Waals surface area (Å²) >= 11 is 0. The Labute approximate surface area is 206 Å². The monoisotopic (exact) mass is 502 g/mol. The first-order chi connectivity index (χ1) is 17.2. The molecule has 2 atom stereocenters. The van der Waals surface area contributed by atoms with E-state index in [1.807, 2.05) is 14.4 Å². The lowest BCUT2D eigenvalue weighted by Crippen LogP contribution is -2.46. The molecule has 1 aliphatic heterocycles. The number of halogens is 3. The highest BCUT2D eigenvalue weighted by Gasteiger charge is 2.34. The molecule has 5 rings (SSSR count). The lowest BCUT2D eigenvalue weighted by molar-refractivity contribution is -0.137. The SMILES string of the molecule is CC(=O)CN1CCC(Cn2cnc3c(N(Cc4cccc(C(F)(F)F)c4)C4CC4)ncnc32)[C@@H](O)C1. The molecule has 1 N–H and O–H groups in total. The molecule has 2 fully saturated rings. The molecular formula is C25H29F3N6O2. The number of aliphatic hydroxyl groups is 1. The number of piperidine rings is 1. The predicted octanol–water partition coefficient (Wildman–Crippen LogP) is 3.29. The quantitative estimate of drug-likeness (QED) is 0.506. The summed E-state index contributed by atoms with van der Waals surface area (Å²) in [6.07, 6.45) is 0.813. The van der Waals surface area contributed by atoms with E-state index in [-0.39, 0.29) is 17.7 Å². The van der Waals surface area contributed by atoms with E-state index in [0.29, 0.717) is 48.7 Å². The van der Waals surface area contributed by atoms with Crippen molar-refractivity contribution >= 4 is 22.8 Å². The Hall–Kier alpha value is -3.05. The van der Waals surface area contributed by atoms with Gasteiger partial charge in [-0.2, -0.15) is 13.2 Å². The van der Waals surface area contributed by atoms with E-state index in [4.69, 9.17) is 0 Å². The average Bonchev–Trinajstić information content (AvgIpc) is 3.59. The summed E-state index contributed by atoms with van der Waals surface area (Å²) in [5, 5.41) is 10.7. The van der Waals surface area contributed by atoms with Crippen LogP contribution in [0.1, 0.15) is 37.3 Å². The Morgan fingerprint density at radius 3 is 2.69 bits per heavy atom. The summed E-state index contributed by atoms with van der Waals surface area (Å²) in [6.45, 7) is 3.90. The van der Waals surface area contributed by atoms with Crippen LogP contribution in [-0.2, 0) is 24.1 Å². The average molecular weight is 503 g/mol. The van der Waals surface area contributed by atoms with Gasteiger partial charge in [-0.05, 0) is 50.4 Å². The first kappa shape index (κ1) is 24.6. The molecule has 2 aliphatic rings. The third kappa shape index (κ3) is 5.36. The van der Waals surface area contributed by atoms with E-state index in [9.17, 15) is 23.1 Å². The number of rotatable bonds is 8. The molecule has 36 heavy (non-hydrogen) atoms. The highest BCUT2D eigenvalue weighted by molar-refractivity contribution is 5.83. The summed E-state index contributed by atoms with van der Waals surface area (Å²) < 4.78 is 41.6. The minimum atomic E-state index is -4.39. The minimum Gasteiger partial charge on any atom is -0.391 e. The van der Waals surface area contributed by atoms with Crippen molar-refractivity contribution in [3.63, 3.8) is 0 Å². The Kier molecular flexibility index (Phi) is 6.69. The first-order valence-electron chi connectivity index (χ1n) is 12.2. The van der Waals surface area contributed by atoms with Crippen LogP contribution in [0.25, 0.3) is 11.2 Å². The lowest BCUT2D eigenvalue weighted by atomic mass is 9.93. The number of aromatic nitrogens is 4. The van der Waals surface area contributed by atoms with Crippen LogP contribution >= 0.6 is 0 Å². The molecule has 0 amide bonds. The van der Waals surface area contributed by atoms with Gasteiger partial charge in [0.15, 0.2) is 17.0 Å². The number of β-amino-alcohol motifs (C(OH)–C–C–N with tert-alkyl or cyclic N) is 1. The van der Waals surface area contributed by atoms with E-state index < -0.39 is 17.8 Å². The molecule has 8 nitrogen and oxygen atoms in total. The largest absolute Gasteiger partial charge is 0.416 e. The van der Waals surface area contributed by atoms with Crippen molar-refractivity contribution in [2.24, 2.45) is 5.92 Å². The van der Waals surface area contributed by atoms with Crippen LogP contribution in [0.3, 0.4) is 0 Å². The first-order valence-corrected chi connectivity index (χ1v) is 12.2. The zero-order chi connectivity index (χ0) is 25.4. The number of imidazole rings is 1. The smallest absolute Gasteiger partial charge is 0.391 e. The number of carbonyl (C=O) groups is 1. The fourth-order valence-electron chi connectivity index (χ4n) is 4.99. The maximum absolute atomic E-state index is 13.2. The molecular weight excluding hydrogens is 473 g/mol. The zero-order valence-electron chi connectivity index (χ0n) is 20.0. The molecule has 1 aliphatic carbocycles. The highest BCUT2D eigenvalue weighted by atomic mass is 19.4. The number of aliphatic hydroxyl groups excluding tert-OH is 1. The molecule has 11 heteroatoms. The number of hydrogen-bond acceptors (Lipinski definition) is 7. The van der Waals surface area contributed by atoms with Crippen molar-refractivity contribution in [2.75, 3.05) is 24.5 Å². The summed E-state index contributed by atoms with van der Waals surface area (Å²) in [4.78, 5) is 28.9. The van der Waals surface area contributed by atoms with Crippen LogP contribution in [0.4, 0.5) is 19.0 Å². The lowest BCUT2D eigenvalue weighted by Gasteiger charge is -2.35. The van der Waals surface area contributed by atoms with Gasteiger partial charge in [-0.15, -0.1) is 0 Å². The van der Waals surface area contributed by atoms with Gasteiger partial charge in [0.05, 0.1) is 24.5 Å². The second-order valence-corrected chi connectivity index (χ2v) is 9.88. The van der Waals surface area contributed by atoms with E-state index in [2.05, 4.69) is 15.0 Å². The predicted molar refractivity (Wildman–Crippen MR) is 127 cm³/mol. The summed E-state index contributed by atoms with van der Waals surface area (Å²) in [5.74, 6) is 0.681. The zero-order valence-corrected chi connectivity index (χ0v) is 20.0. The van der Waals surface area contributed by atoms with E-state index in [1.54, 1.807) is 19.3 Å². The van der Waals surface area contributed by atoms with Gasteiger partial charge in [0.25, 0.3) is 0 Å². The molecule has 0 spiro atoms. The standard InChI is InChI=1S/C25H29F3N6O2/c1-16(35)10-32-8-7-18(21(36)13-32)12-33-15-31-22-23(33)29-14-30-24(22)34(20-5-6-20)11-17-3-2-4-19(9-17)25(26,27)28/h2-4,9,14-15,18,20-21,36H,5-8,10-13H2,1H3/t18?,21-/m0/s1. The number of likely N-dealkylation sites (tertiary alicyclic amines) is 1. The second-order valence-electron chi connectivity index (χ2n) is 9.88. The van der Waals surface area contributed by atoms with Crippen molar-refractivity contribution in [1.82, 2.24) is 24.4 Å². The second kappa shape index (κ2) is 9.78. The van der Waals surface area contributed by atoms with E-state index >= 15 is 0 Å². The summed E-state index contributed by atoms with van der Waals surface area (Å²) in [6, 6.07) is 5.58. The van der Waals surface area contributed by atoms with Crippen LogP contribution < -0.4 is 4.90 Å². The van der Waals surface area contributed by atoms with Gasteiger partial charge in [0.1, 0.15) is 12.1 Å². The van der Waals surface area contributed by atoms with E-state index in [0.717, 1.165) is 31.9 Å². The number of ketones is 1. The van der Waals surface area contributed by atoms with Crippen molar-refractivity contribution in [2.45, 2.75) is 57.6 Å². The van der Waals surface area contributed by atoms with Crippen LogP contribution in [0.5, 0.6) is 0 Å². The molecule has 1 aromatic carbocycles. The number of carbonyl (C=O) groups excluding carboxylic acids is 1. The van der Waals surface area contributed by atoms with Gasteiger partial charge in [-0.1, -0.05) is 12.1 Å². The molecule has 1 unspecified atom stereocenters. The van der Waals surface area contributed by atoms with Crippen molar-refractivity contribution < 1.29 is 23.1 Å². The number of fused-ring (bicyclic) bond motifs is 1. The molecule has 192 valence electrons. The third-order valence-corrected chi connectivity index (χ3v) is 6.93. The molecule has 3 heterocycles. The highest BCUT2D eigenvalue weighted by Crippen LogP contribution is 2.36. The van der Waals surface area contributed by atoms with Crippen LogP contribution in [0.2, 0.25) is 0 Å². The van der Waals surface area contributed by atoms with E-state index in [1.165, 1.54) is 18.5 Å². The molecule has 1 saturated carbocycles. The van der Waals surface area contributed by atoms with Crippen LogP contribution in [0, 0.1) is 5.92 Å². The van der Waals surface area contributed by atoms with Gasteiger partial charge in [-0.25, -0.2) is 15.0 Å². The summed E-state index contributed by atoms with van der Waals surface area (Å²) in [7, 11) is 0. The fourth-order valence-corrected chi connectivity index (χ4v) is 4.99. The van der Waals surface area contributed by atoms with Crippen molar-refractivity contribution in [3.8, 4) is 0 Å². The third-order valence-electron chi connectivity index (χ3n) is 6.93. The summed E-state index contributed by atoms with van der Waals surface area (Å²) in [5.41, 5.74) is 1.12. The topological polar surface area (TPSA) is 87.4 Å². The minimum absolute atomic E-state index is 0.00586. The van der Waals surface area contributed by atoms with Gasteiger partial charge in [0.2, 0.25) is 0 Å². The Morgan fingerprint density at radius 2 is 2.00 bits per heavy atom. The number of hydrogen-bond donors (Lipinski definition) is 1. The number of alkyl halides is 3. The number of benzene rings is 1. The molecule has 1 saturated heterocycles. The fraction of sp³-hybridized carbons (Fsp3) is 0.520. The molecule has 0 bridgehead atoms. The van der Waals surface area contributed by atoms with Crippen molar-refractivity contribution in [1.29, 1.82) is 0 Å². The Balaban J connectivity index is 1.37. The normalized spacial score (nSPS) is 21.1. The van der Waals surface area contributed by atoms with Gasteiger partial charge in [-0.3, -0.25) is 9.69 Å². The number of Topliss-reactive ketones (excluding diaryl/α,β-unsaturated/α-hetero) is 1. The molecule has 3 aromatic rings. The van der Waals surface area contributed by atoms with Crippen molar-refractivity contribution in [3.05, 3.63) is 48.0 Å².